The van der Waals surface area contributed by atoms with Crippen molar-refractivity contribution in [1.29, 1.82) is 0 Å². The van der Waals surface area contributed by atoms with Gasteiger partial charge in [-0.25, -0.2) is 0 Å². The molecule has 0 N–H and O–H groups in total. The molecule has 0 saturated carbocycles. The van der Waals surface area contributed by atoms with Crippen molar-refractivity contribution in [2.24, 2.45) is 7.05 Å². The molecule has 96 valence electrons. The predicted octanol–water partition coefficient (Wildman–Crippen LogP) is 0.767. The fourth-order valence-electron chi connectivity index (χ4n) is 2.49. The lowest BCUT2D eigenvalue weighted by atomic mass is 10.3. The van der Waals surface area contributed by atoms with Crippen LogP contribution in [-0.4, -0.2) is 42.8 Å². The minimum atomic E-state index is 0.500. The third kappa shape index (κ3) is 2.15. The van der Waals surface area contributed by atoms with Gasteiger partial charge in [0, 0.05) is 32.9 Å². The van der Waals surface area contributed by atoms with Crippen LogP contribution in [0.4, 0.5) is 0 Å². The molecular weight excluding hydrogens is 228 g/mol. The molecule has 1 aliphatic heterocycles. The zero-order chi connectivity index (χ0) is 12.5. The molecule has 1 unspecified atom stereocenters. The van der Waals surface area contributed by atoms with Gasteiger partial charge >= 0.3 is 0 Å². The summed E-state index contributed by atoms with van der Waals surface area (Å²) in [6.07, 6.45) is 7.05. The Morgan fingerprint density at radius 1 is 1.39 bits per heavy atom. The average Bonchev–Trinajstić information content (AvgIpc) is 3.03. The third-order valence-corrected chi connectivity index (χ3v) is 3.55. The topological polar surface area (TPSA) is 51.8 Å². The number of aromatic nitrogens is 5. The van der Waals surface area contributed by atoms with Gasteiger partial charge in [0.25, 0.3) is 0 Å². The number of hydrogen-bond donors (Lipinski definition) is 0. The molecule has 1 saturated heterocycles. The Labute approximate surface area is 106 Å². The van der Waals surface area contributed by atoms with Gasteiger partial charge in [0.05, 0.1) is 24.1 Å². The summed E-state index contributed by atoms with van der Waals surface area (Å²) >= 11 is 0. The van der Waals surface area contributed by atoms with Crippen LogP contribution < -0.4 is 0 Å². The molecule has 1 fully saturated rings. The van der Waals surface area contributed by atoms with Crippen LogP contribution >= 0.6 is 0 Å². The standard InChI is InChI=1S/C12H18N6/c1-10-5-14-18(7-10)11-3-4-17(8-11)9-12-6-13-15-16(12)2/h5-7,11H,3-4,8-9H2,1-2H3. The molecule has 0 aliphatic carbocycles. The molecule has 18 heavy (non-hydrogen) atoms. The maximum atomic E-state index is 4.41. The van der Waals surface area contributed by atoms with E-state index in [2.05, 4.69) is 38.1 Å². The first-order valence-corrected chi connectivity index (χ1v) is 6.29. The van der Waals surface area contributed by atoms with E-state index in [4.69, 9.17) is 0 Å². The summed E-state index contributed by atoms with van der Waals surface area (Å²) in [6.45, 7) is 5.15. The van der Waals surface area contributed by atoms with Crippen molar-refractivity contribution in [2.75, 3.05) is 13.1 Å². The molecule has 1 aliphatic rings. The Morgan fingerprint density at radius 3 is 2.94 bits per heavy atom. The Morgan fingerprint density at radius 2 is 2.28 bits per heavy atom. The zero-order valence-electron chi connectivity index (χ0n) is 10.8. The predicted molar refractivity (Wildman–Crippen MR) is 66.9 cm³/mol. The van der Waals surface area contributed by atoms with Crippen LogP contribution in [0.3, 0.4) is 0 Å². The Balaban J connectivity index is 1.63. The van der Waals surface area contributed by atoms with E-state index in [1.807, 2.05) is 24.1 Å². The summed E-state index contributed by atoms with van der Waals surface area (Å²) in [5.74, 6) is 0. The van der Waals surface area contributed by atoms with Crippen molar-refractivity contribution < 1.29 is 0 Å². The lowest BCUT2D eigenvalue weighted by molar-refractivity contribution is 0.303. The molecule has 2 aromatic heterocycles. The highest BCUT2D eigenvalue weighted by atomic mass is 15.4. The summed E-state index contributed by atoms with van der Waals surface area (Å²) in [5, 5.41) is 12.3. The summed E-state index contributed by atoms with van der Waals surface area (Å²) in [4.78, 5) is 2.43. The fourth-order valence-corrected chi connectivity index (χ4v) is 2.49. The molecule has 1 atom stereocenters. The van der Waals surface area contributed by atoms with Crippen LogP contribution in [0.5, 0.6) is 0 Å². The first-order chi connectivity index (χ1) is 8.72. The lowest BCUT2D eigenvalue weighted by Gasteiger charge is -2.15. The summed E-state index contributed by atoms with van der Waals surface area (Å²) in [5.41, 5.74) is 2.39. The summed E-state index contributed by atoms with van der Waals surface area (Å²) in [7, 11) is 1.94. The van der Waals surface area contributed by atoms with Crippen molar-refractivity contribution in [1.82, 2.24) is 29.7 Å². The van der Waals surface area contributed by atoms with Crippen molar-refractivity contribution in [3.05, 3.63) is 29.8 Å². The molecule has 0 radical (unpaired) electrons. The highest BCUT2D eigenvalue weighted by molar-refractivity contribution is 5.02. The van der Waals surface area contributed by atoms with Crippen LogP contribution in [0.15, 0.2) is 18.6 Å². The van der Waals surface area contributed by atoms with Crippen LogP contribution in [0.1, 0.15) is 23.7 Å². The van der Waals surface area contributed by atoms with E-state index < -0.39 is 0 Å². The average molecular weight is 246 g/mol. The molecule has 0 spiro atoms. The Bertz CT molecular complexity index is 528. The molecule has 2 aromatic rings. The van der Waals surface area contributed by atoms with E-state index in [1.54, 1.807) is 0 Å². The minimum Gasteiger partial charge on any atom is -0.295 e. The minimum absolute atomic E-state index is 0.500. The lowest BCUT2D eigenvalue weighted by Crippen LogP contribution is -2.22. The van der Waals surface area contributed by atoms with Gasteiger partial charge in [-0.05, 0) is 18.9 Å². The first-order valence-electron chi connectivity index (χ1n) is 6.29. The Hall–Kier alpha value is -1.69. The highest BCUT2D eigenvalue weighted by Crippen LogP contribution is 2.22. The van der Waals surface area contributed by atoms with E-state index in [0.29, 0.717) is 6.04 Å². The Kier molecular flexibility index (Phi) is 2.87. The molecule has 6 heteroatoms. The molecule has 3 heterocycles. The van der Waals surface area contributed by atoms with Crippen LogP contribution in [0.2, 0.25) is 0 Å². The summed E-state index contributed by atoms with van der Waals surface area (Å²) < 4.78 is 3.93. The second-order valence-electron chi connectivity index (χ2n) is 5.02. The molecule has 0 amide bonds. The van der Waals surface area contributed by atoms with Crippen LogP contribution in [0.25, 0.3) is 0 Å². The smallest absolute Gasteiger partial charge is 0.0738 e. The maximum Gasteiger partial charge on any atom is 0.0738 e. The second-order valence-corrected chi connectivity index (χ2v) is 5.02. The molecule has 6 nitrogen and oxygen atoms in total. The number of likely N-dealkylation sites (tertiary alicyclic amines) is 1. The van der Waals surface area contributed by atoms with Crippen molar-refractivity contribution >= 4 is 0 Å². The van der Waals surface area contributed by atoms with Gasteiger partial charge in [0.15, 0.2) is 0 Å². The van der Waals surface area contributed by atoms with E-state index >= 15 is 0 Å². The van der Waals surface area contributed by atoms with E-state index in [0.717, 1.165) is 31.7 Å². The quantitative estimate of drug-likeness (QED) is 0.802. The van der Waals surface area contributed by atoms with Crippen molar-refractivity contribution in [3.8, 4) is 0 Å². The first kappa shape index (κ1) is 11.4. The number of rotatable bonds is 3. The summed E-state index contributed by atoms with van der Waals surface area (Å²) in [6, 6.07) is 0.500. The third-order valence-electron chi connectivity index (χ3n) is 3.55. The van der Waals surface area contributed by atoms with Crippen LogP contribution in [-0.2, 0) is 13.6 Å². The number of aryl methyl sites for hydroxylation is 2. The van der Waals surface area contributed by atoms with Gasteiger partial charge in [-0.3, -0.25) is 14.3 Å². The van der Waals surface area contributed by atoms with Gasteiger partial charge in [0.1, 0.15) is 0 Å². The van der Waals surface area contributed by atoms with Gasteiger partial charge in [0.2, 0.25) is 0 Å². The largest absolute Gasteiger partial charge is 0.295 e. The van der Waals surface area contributed by atoms with Gasteiger partial charge in [-0.1, -0.05) is 5.21 Å². The zero-order valence-corrected chi connectivity index (χ0v) is 10.8. The molecule has 3 rings (SSSR count). The van der Waals surface area contributed by atoms with E-state index in [-0.39, 0.29) is 0 Å². The SMILES string of the molecule is Cc1cnn(C2CCN(Cc3cnnn3C)C2)c1. The van der Waals surface area contributed by atoms with Gasteiger partial charge < -0.3 is 0 Å². The molecule has 0 bridgehead atoms. The van der Waals surface area contributed by atoms with Crippen molar-refractivity contribution in [3.63, 3.8) is 0 Å². The van der Waals surface area contributed by atoms with E-state index in [9.17, 15) is 0 Å². The highest BCUT2D eigenvalue weighted by Gasteiger charge is 2.24. The molecular formula is C12H18N6. The fraction of sp³-hybridized carbons (Fsp3) is 0.583. The maximum absolute atomic E-state index is 4.41. The monoisotopic (exact) mass is 246 g/mol. The number of nitrogens with zero attached hydrogens (tertiary/aromatic N) is 6. The normalized spacial score (nSPS) is 20.7. The van der Waals surface area contributed by atoms with Crippen LogP contribution in [0, 0.1) is 6.92 Å². The molecule has 0 aromatic carbocycles. The second kappa shape index (κ2) is 4.53. The van der Waals surface area contributed by atoms with Gasteiger partial charge in [-0.15, -0.1) is 5.10 Å². The number of hydrogen-bond acceptors (Lipinski definition) is 4. The van der Waals surface area contributed by atoms with Gasteiger partial charge in [-0.2, -0.15) is 5.10 Å². The van der Waals surface area contributed by atoms with E-state index in [1.165, 1.54) is 5.56 Å². The van der Waals surface area contributed by atoms with Crippen molar-refractivity contribution in [2.45, 2.75) is 25.9 Å².